The van der Waals surface area contributed by atoms with Gasteiger partial charge in [-0.25, -0.2) is 4.39 Å². The highest BCUT2D eigenvalue weighted by atomic mass is 19.4. The minimum atomic E-state index is -4.55. The van der Waals surface area contributed by atoms with Crippen LogP contribution in [0, 0.1) is 5.82 Å². The zero-order chi connectivity index (χ0) is 14.0. The van der Waals surface area contributed by atoms with Gasteiger partial charge in [-0.15, -0.1) is 0 Å². The lowest BCUT2D eigenvalue weighted by Gasteiger charge is -2.11. The maximum absolute atomic E-state index is 13.6. The van der Waals surface area contributed by atoms with Gasteiger partial charge in [0.2, 0.25) is 0 Å². The second-order valence-corrected chi connectivity index (χ2v) is 3.94. The first-order chi connectivity index (χ1) is 8.86. The molecule has 2 rings (SSSR count). The van der Waals surface area contributed by atoms with E-state index in [2.05, 4.69) is 5.32 Å². The van der Waals surface area contributed by atoms with Crippen LogP contribution in [0.5, 0.6) is 0 Å². The minimum absolute atomic E-state index is 0.0298. The van der Waals surface area contributed by atoms with Crippen LogP contribution in [0.2, 0.25) is 0 Å². The van der Waals surface area contributed by atoms with Crippen LogP contribution in [0.4, 0.5) is 34.6 Å². The molecule has 3 N–H and O–H groups in total. The third-order valence-electron chi connectivity index (χ3n) is 2.49. The maximum atomic E-state index is 13.6. The van der Waals surface area contributed by atoms with Gasteiger partial charge in [0.1, 0.15) is 5.82 Å². The highest BCUT2D eigenvalue weighted by Crippen LogP contribution is 2.32. The molecule has 19 heavy (non-hydrogen) atoms. The van der Waals surface area contributed by atoms with Gasteiger partial charge in [0.05, 0.1) is 11.3 Å². The Balaban J connectivity index is 2.24. The van der Waals surface area contributed by atoms with Gasteiger partial charge >= 0.3 is 6.18 Å². The van der Waals surface area contributed by atoms with Gasteiger partial charge in [0, 0.05) is 11.4 Å². The van der Waals surface area contributed by atoms with Gasteiger partial charge < -0.3 is 11.1 Å². The molecule has 0 fully saturated rings. The molecule has 0 saturated carbocycles. The molecule has 2 aromatic rings. The molecule has 6 heteroatoms. The molecule has 2 nitrogen and oxygen atoms in total. The molecule has 0 aromatic heterocycles. The Bertz CT molecular complexity index is 576. The third kappa shape index (κ3) is 3.15. The van der Waals surface area contributed by atoms with Crippen molar-refractivity contribution in [1.29, 1.82) is 0 Å². The lowest BCUT2D eigenvalue weighted by Crippen LogP contribution is -2.06. The Labute approximate surface area is 106 Å². The Kier molecular flexibility index (Phi) is 3.33. The number of alkyl halides is 3. The molecular formula is C13H10F4N2. The Morgan fingerprint density at radius 3 is 2.11 bits per heavy atom. The molecule has 0 unspecified atom stereocenters. The third-order valence-corrected chi connectivity index (χ3v) is 2.49. The van der Waals surface area contributed by atoms with Crippen LogP contribution < -0.4 is 11.1 Å². The fourth-order valence-corrected chi connectivity index (χ4v) is 1.51. The number of nitrogens with one attached hydrogen (secondary N) is 1. The molecule has 0 aliphatic carbocycles. The first kappa shape index (κ1) is 13.2. The molecule has 100 valence electrons. The van der Waals surface area contributed by atoms with Crippen molar-refractivity contribution in [3.05, 3.63) is 53.8 Å². The van der Waals surface area contributed by atoms with E-state index in [1.54, 1.807) is 24.3 Å². The lowest BCUT2D eigenvalue weighted by molar-refractivity contribution is -0.137. The summed E-state index contributed by atoms with van der Waals surface area (Å²) in [5.41, 5.74) is 5.52. The van der Waals surface area contributed by atoms with Crippen molar-refractivity contribution in [2.75, 3.05) is 11.1 Å². The summed E-state index contributed by atoms with van der Waals surface area (Å²) in [6.45, 7) is 0. The zero-order valence-electron chi connectivity index (χ0n) is 9.63. The van der Waals surface area contributed by atoms with Crippen molar-refractivity contribution in [1.82, 2.24) is 0 Å². The number of halogens is 4. The van der Waals surface area contributed by atoms with Crippen LogP contribution in [-0.2, 0) is 6.18 Å². The summed E-state index contributed by atoms with van der Waals surface area (Å²) in [6, 6.07) is 8.74. The number of benzene rings is 2. The Hall–Kier alpha value is -2.24. The van der Waals surface area contributed by atoms with Crippen LogP contribution in [0.25, 0.3) is 0 Å². The predicted molar refractivity (Wildman–Crippen MR) is 65.5 cm³/mol. The van der Waals surface area contributed by atoms with Crippen molar-refractivity contribution >= 4 is 17.1 Å². The van der Waals surface area contributed by atoms with Crippen LogP contribution in [0.1, 0.15) is 5.56 Å². The molecule has 0 bridgehead atoms. The number of hydrogen-bond donors (Lipinski definition) is 2. The van der Waals surface area contributed by atoms with Crippen LogP contribution in [0.3, 0.4) is 0 Å². The van der Waals surface area contributed by atoms with E-state index < -0.39 is 17.6 Å². The molecule has 0 spiro atoms. The summed E-state index contributed by atoms with van der Waals surface area (Å²) in [6.07, 6.45) is -4.55. The van der Waals surface area contributed by atoms with Gasteiger partial charge in [-0.3, -0.25) is 0 Å². The van der Waals surface area contributed by atoms with Crippen LogP contribution in [0.15, 0.2) is 42.5 Å². The first-order valence-corrected chi connectivity index (χ1v) is 5.35. The molecule has 0 saturated heterocycles. The summed E-state index contributed by atoms with van der Waals surface area (Å²) in [4.78, 5) is 0. The topological polar surface area (TPSA) is 38.0 Å². The monoisotopic (exact) mass is 270 g/mol. The smallest absolute Gasteiger partial charge is 0.399 e. The summed E-state index contributed by atoms with van der Waals surface area (Å²) in [5, 5.41) is 2.68. The van der Waals surface area contributed by atoms with E-state index in [1.165, 1.54) is 0 Å². The standard InChI is InChI=1S/C13H10F4N2/c14-11-7-8(13(15,16)17)1-6-12(11)19-10-4-2-9(18)3-5-10/h1-7,19H,18H2. The van der Waals surface area contributed by atoms with E-state index in [9.17, 15) is 17.6 Å². The normalized spacial score (nSPS) is 11.4. The van der Waals surface area contributed by atoms with Gasteiger partial charge in [0.15, 0.2) is 0 Å². The second kappa shape index (κ2) is 4.79. The first-order valence-electron chi connectivity index (χ1n) is 5.35. The molecule has 0 heterocycles. The SMILES string of the molecule is Nc1ccc(Nc2ccc(C(F)(F)F)cc2F)cc1. The second-order valence-electron chi connectivity index (χ2n) is 3.94. The zero-order valence-corrected chi connectivity index (χ0v) is 9.63. The number of nitrogen functional groups attached to an aromatic ring is 1. The van der Waals surface area contributed by atoms with E-state index in [4.69, 9.17) is 5.73 Å². The number of hydrogen-bond acceptors (Lipinski definition) is 2. The predicted octanol–water partition coefficient (Wildman–Crippen LogP) is 4.17. The van der Waals surface area contributed by atoms with Crippen molar-refractivity contribution in [3.8, 4) is 0 Å². The van der Waals surface area contributed by atoms with E-state index in [0.717, 1.165) is 12.1 Å². The molecule has 0 atom stereocenters. The average molecular weight is 270 g/mol. The van der Waals surface area contributed by atoms with Crippen molar-refractivity contribution in [2.24, 2.45) is 0 Å². The highest BCUT2D eigenvalue weighted by molar-refractivity contribution is 5.62. The molecule has 2 aromatic carbocycles. The molecule has 0 aliphatic heterocycles. The maximum Gasteiger partial charge on any atom is 0.416 e. The van der Waals surface area contributed by atoms with Crippen LogP contribution >= 0.6 is 0 Å². The lowest BCUT2D eigenvalue weighted by atomic mass is 10.2. The molecular weight excluding hydrogens is 260 g/mol. The van der Waals surface area contributed by atoms with Gasteiger partial charge in [-0.1, -0.05) is 0 Å². The summed E-state index contributed by atoms with van der Waals surface area (Å²) < 4.78 is 50.7. The van der Waals surface area contributed by atoms with Gasteiger partial charge in [-0.2, -0.15) is 13.2 Å². The Morgan fingerprint density at radius 1 is 0.947 bits per heavy atom. The summed E-state index contributed by atoms with van der Waals surface area (Å²) in [7, 11) is 0. The Morgan fingerprint density at radius 2 is 1.58 bits per heavy atom. The molecule has 0 radical (unpaired) electrons. The number of anilines is 3. The van der Waals surface area contributed by atoms with E-state index in [-0.39, 0.29) is 5.69 Å². The average Bonchev–Trinajstić information content (AvgIpc) is 2.33. The van der Waals surface area contributed by atoms with Gasteiger partial charge in [0.25, 0.3) is 0 Å². The number of nitrogens with two attached hydrogens (primary N) is 1. The summed E-state index contributed by atoms with van der Waals surface area (Å²) in [5.74, 6) is -0.966. The van der Waals surface area contributed by atoms with Crippen LogP contribution in [-0.4, -0.2) is 0 Å². The van der Waals surface area contributed by atoms with Crippen molar-refractivity contribution in [2.45, 2.75) is 6.18 Å². The van der Waals surface area contributed by atoms with E-state index >= 15 is 0 Å². The largest absolute Gasteiger partial charge is 0.416 e. The summed E-state index contributed by atoms with van der Waals surface area (Å²) >= 11 is 0. The quantitative estimate of drug-likeness (QED) is 0.635. The van der Waals surface area contributed by atoms with E-state index in [1.807, 2.05) is 0 Å². The van der Waals surface area contributed by atoms with Gasteiger partial charge in [-0.05, 0) is 42.5 Å². The van der Waals surface area contributed by atoms with E-state index in [0.29, 0.717) is 17.4 Å². The molecule has 0 amide bonds. The molecule has 0 aliphatic rings. The highest BCUT2D eigenvalue weighted by Gasteiger charge is 2.31. The van der Waals surface area contributed by atoms with Crippen molar-refractivity contribution < 1.29 is 17.6 Å². The number of rotatable bonds is 2. The minimum Gasteiger partial charge on any atom is -0.399 e. The fraction of sp³-hybridized carbons (Fsp3) is 0.0769. The fourth-order valence-electron chi connectivity index (χ4n) is 1.51. The van der Waals surface area contributed by atoms with Crippen molar-refractivity contribution in [3.63, 3.8) is 0 Å².